The van der Waals surface area contributed by atoms with Gasteiger partial charge < -0.3 is 10.0 Å². The van der Waals surface area contributed by atoms with Gasteiger partial charge in [0.05, 0.1) is 18.4 Å². The second kappa shape index (κ2) is 5.58. The first kappa shape index (κ1) is 16.6. The van der Waals surface area contributed by atoms with Crippen LogP contribution in [0.4, 0.5) is 18.3 Å². The van der Waals surface area contributed by atoms with E-state index in [4.69, 9.17) is 11.6 Å². The van der Waals surface area contributed by atoms with E-state index in [2.05, 4.69) is 10.1 Å². The number of anilines is 1. The number of imidazole rings is 1. The van der Waals surface area contributed by atoms with Crippen LogP contribution in [0.15, 0.2) is 30.5 Å². The van der Waals surface area contributed by atoms with Crippen LogP contribution in [-0.4, -0.2) is 44.6 Å². The zero-order chi connectivity index (χ0) is 17.8. The van der Waals surface area contributed by atoms with E-state index in [1.54, 1.807) is 18.3 Å². The fraction of sp³-hybridized carbons (Fsp3) is 0.333. The van der Waals surface area contributed by atoms with E-state index in [1.165, 1.54) is 20.8 Å². The summed E-state index contributed by atoms with van der Waals surface area (Å²) in [4.78, 5) is 6.47. The molecule has 1 aliphatic heterocycles. The predicted octanol–water partition coefficient (Wildman–Crippen LogP) is 3.61. The summed E-state index contributed by atoms with van der Waals surface area (Å²) in [7, 11) is 0. The molecule has 132 valence electrons. The number of aromatic nitrogens is 3. The van der Waals surface area contributed by atoms with Gasteiger partial charge in [-0.15, -0.1) is 5.10 Å². The van der Waals surface area contributed by atoms with Crippen LogP contribution in [0.25, 0.3) is 16.2 Å². The molecule has 1 atom stereocenters. The minimum atomic E-state index is -4.65. The van der Waals surface area contributed by atoms with Gasteiger partial charge in [-0.1, -0.05) is 35.1 Å². The molecule has 1 aliphatic rings. The molecule has 3 heterocycles. The Balaban J connectivity index is 1.59. The standard InChI is InChI=1S/C15H12ClF3N4OS/c16-10-3-1-9(2-4-10)11-7-23-12(20-11)25-13(21-23)22-6-5-14(24,8-22)15(17,18)19/h1-4,7,24H,5-6,8H2. The average Bonchev–Trinajstić information content (AvgIpc) is 3.20. The number of aliphatic hydroxyl groups is 1. The van der Waals surface area contributed by atoms with Crippen LogP contribution in [0.5, 0.6) is 0 Å². The third kappa shape index (κ3) is 2.86. The number of hydrogen-bond acceptors (Lipinski definition) is 5. The number of hydrogen-bond donors (Lipinski definition) is 1. The van der Waals surface area contributed by atoms with Crippen molar-refractivity contribution in [2.45, 2.75) is 18.2 Å². The van der Waals surface area contributed by atoms with Crippen molar-refractivity contribution in [2.75, 3.05) is 18.0 Å². The van der Waals surface area contributed by atoms with Crippen LogP contribution in [0.2, 0.25) is 5.02 Å². The molecule has 1 saturated heterocycles. The van der Waals surface area contributed by atoms with Crippen molar-refractivity contribution in [1.82, 2.24) is 14.6 Å². The summed E-state index contributed by atoms with van der Waals surface area (Å²) in [6.45, 7) is -0.423. The highest BCUT2D eigenvalue weighted by Crippen LogP contribution is 2.40. The molecule has 1 unspecified atom stereocenters. The number of alkyl halides is 3. The quantitative estimate of drug-likeness (QED) is 0.728. The maximum atomic E-state index is 12.9. The van der Waals surface area contributed by atoms with Crippen LogP contribution in [0, 0.1) is 0 Å². The van der Waals surface area contributed by atoms with Gasteiger partial charge in [0.15, 0.2) is 5.60 Å². The monoisotopic (exact) mass is 388 g/mol. The molecule has 2 aromatic heterocycles. The van der Waals surface area contributed by atoms with Crippen LogP contribution in [0.1, 0.15) is 6.42 Å². The van der Waals surface area contributed by atoms with E-state index < -0.39 is 18.3 Å². The number of nitrogens with zero attached hydrogens (tertiary/aromatic N) is 4. The minimum absolute atomic E-state index is 0.0940. The van der Waals surface area contributed by atoms with Gasteiger partial charge in [0.1, 0.15) is 0 Å². The third-order valence-corrected chi connectivity index (χ3v) is 5.45. The topological polar surface area (TPSA) is 53.7 Å². The molecule has 1 fully saturated rings. The van der Waals surface area contributed by atoms with Crippen LogP contribution in [0.3, 0.4) is 0 Å². The summed E-state index contributed by atoms with van der Waals surface area (Å²) in [6, 6.07) is 7.18. The molecule has 25 heavy (non-hydrogen) atoms. The third-order valence-electron chi connectivity index (χ3n) is 4.22. The molecule has 0 bridgehead atoms. The Labute approximate surface area is 149 Å². The molecular formula is C15H12ClF3N4OS. The van der Waals surface area contributed by atoms with Gasteiger partial charge in [0.25, 0.3) is 0 Å². The van der Waals surface area contributed by atoms with Gasteiger partial charge >= 0.3 is 6.18 Å². The molecule has 0 aliphatic carbocycles. The van der Waals surface area contributed by atoms with Crippen molar-refractivity contribution in [3.63, 3.8) is 0 Å². The number of halogens is 4. The summed E-state index contributed by atoms with van der Waals surface area (Å²) >= 11 is 7.05. The lowest BCUT2D eigenvalue weighted by Crippen LogP contribution is -2.47. The largest absolute Gasteiger partial charge is 0.419 e. The molecule has 0 saturated carbocycles. The van der Waals surface area contributed by atoms with Gasteiger partial charge in [-0.05, 0) is 12.1 Å². The molecule has 5 nitrogen and oxygen atoms in total. The molecule has 10 heteroatoms. The van der Waals surface area contributed by atoms with E-state index >= 15 is 0 Å². The van der Waals surface area contributed by atoms with Crippen LogP contribution < -0.4 is 4.90 Å². The zero-order valence-electron chi connectivity index (χ0n) is 12.7. The number of β-amino-alcohol motifs (C(OH)–C–C–N with tert-alkyl or cyclic N) is 1. The summed E-state index contributed by atoms with van der Waals surface area (Å²) in [5.41, 5.74) is -1.11. The number of benzene rings is 1. The van der Waals surface area contributed by atoms with Gasteiger partial charge in [-0.2, -0.15) is 13.2 Å². The first-order chi connectivity index (χ1) is 11.7. The fourth-order valence-corrected chi connectivity index (χ4v) is 3.80. The van der Waals surface area contributed by atoms with Crippen molar-refractivity contribution in [3.8, 4) is 11.3 Å². The molecule has 0 radical (unpaired) electrons. The normalized spacial score (nSPS) is 21.4. The maximum absolute atomic E-state index is 12.9. The predicted molar refractivity (Wildman–Crippen MR) is 89.1 cm³/mol. The van der Waals surface area contributed by atoms with Crippen LogP contribution in [-0.2, 0) is 0 Å². The highest BCUT2D eigenvalue weighted by Gasteiger charge is 2.57. The highest BCUT2D eigenvalue weighted by molar-refractivity contribution is 7.20. The summed E-state index contributed by atoms with van der Waals surface area (Å²) in [6.07, 6.45) is -3.31. The molecular weight excluding hydrogens is 377 g/mol. The van der Waals surface area contributed by atoms with Gasteiger partial charge in [-0.3, -0.25) is 0 Å². The lowest BCUT2D eigenvalue weighted by atomic mass is 10.0. The lowest BCUT2D eigenvalue weighted by molar-refractivity contribution is -0.250. The van der Waals surface area contributed by atoms with Crippen molar-refractivity contribution < 1.29 is 18.3 Å². The zero-order valence-corrected chi connectivity index (χ0v) is 14.2. The average molecular weight is 389 g/mol. The molecule has 1 N–H and O–H groups in total. The minimum Gasteiger partial charge on any atom is -0.379 e. The Bertz CT molecular complexity index is 892. The van der Waals surface area contributed by atoms with Crippen molar-refractivity contribution in [3.05, 3.63) is 35.5 Å². The van der Waals surface area contributed by atoms with Gasteiger partial charge in [-0.25, -0.2) is 9.50 Å². The highest BCUT2D eigenvalue weighted by atomic mass is 35.5. The Morgan fingerprint density at radius 2 is 1.96 bits per heavy atom. The van der Waals surface area contributed by atoms with Gasteiger partial charge in [0.2, 0.25) is 10.1 Å². The second-order valence-corrected chi connectivity index (χ2v) is 7.32. The Hall–Kier alpha value is -1.84. The summed E-state index contributed by atoms with van der Waals surface area (Å²) in [5, 5.41) is 15.1. The first-order valence-electron chi connectivity index (χ1n) is 7.41. The Kier molecular flexibility index (Phi) is 3.71. The lowest BCUT2D eigenvalue weighted by Gasteiger charge is -2.25. The van der Waals surface area contributed by atoms with Gasteiger partial charge in [0, 0.05) is 23.6 Å². The van der Waals surface area contributed by atoms with E-state index in [0.717, 1.165) is 5.56 Å². The van der Waals surface area contributed by atoms with E-state index in [1.807, 2.05) is 12.1 Å². The second-order valence-electron chi connectivity index (χ2n) is 5.95. The summed E-state index contributed by atoms with van der Waals surface area (Å²) in [5.74, 6) is 0. The molecule has 1 aromatic carbocycles. The molecule has 4 rings (SSSR count). The number of fused-ring (bicyclic) bond motifs is 1. The van der Waals surface area contributed by atoms with Crippen LogP contribution >= 0.6 is 22.9 Å². The summed E-state index contributed by atoms with van der Waals surface area (Å²) < 4.78 is 40.3. The Morgan fingerprint density at radius 1 is 1.24 bits per heavy atom. The molecule has 0 spiro atoms. The van der Waals surface area contributed by atoms with Crippen molar-refractivity contribution in [2.24, 2.45) is 0 Å². The maximum Gasteiger partial charge on any atom is 0.419 e. The number of rotatable bonds is 2. The fourth-order valence-electron chi connectivity index (χ4n) is 2.77. The smallest absolute Gasteiger partial charge is 0.379 e. The van der Waals surface area contributed by atoms with Crippen molar-refractivity contribution in [1.29, 1.82) is 0 Å². The molecule has 0 amide bonds. The van der Waals surface area contributed by atoms with E-state index in [9.17, 15) is 18.3 Å². The van der Waals surface area contributed by atoms with Crippen molar-refractivity contribution >= 4 is 33.0 Å². The SMILES string of the molecule is OC1(C(F)(F)F)CCN(c2nn3cc(-c4ccc(Cl)cc4)nc3s2)C1. The van der Waals surface area contributed by atoms with E-state index in [-0.39, 0.29) is 13.0 Å². The van der Waals surface area contributed by atoms with E-state index in [0.29, 0.717) is 20.8 Å². The Morgan fingerprint density at radius 3 is 2.56 bits per heavy atom. The first-order valence-corrected chi connectivity index (χ1v) is 8.61. The molecule has 3 aromatic rings.